The molecule has 2 aliphatic rings. The zero-order chi connectivity index (χ0) is 26.0. The molecule has 1 aliphatic carbocycles. The molecule has 2 aromatic carbocycles. The molecule has 1 saturated heterocycles. The molecule has 2 fully saturated rings. The van der Waals surface area contributed by atoms with Crippen molar-refractivity contribution in [1.29, 1.82) is 0 Å². The first-order valence-electron chi connectivity index (χ1n) is 12.0. The summed E-state index contributed by atoms with van der Waals surface area (Å²) in [6.07, 6.45) is -0.399. The molecule has 0 bridgehead atoms. The highest BCUT2D eigenvalue weighted by molar-refractivity contribution is 7.91. The van der Waals surface area contributed by atoms with Crippen LogP contribution in [0.5, 0.6) is 0 Å². The first kappa shape index (κ1) is 26.9. The van der Waals surface area contributed by atoms with Gasteiger partial charge in [0.05, 0.1) is 24.0 Å². The van der Waals surface area contributed by atoms with Gasteiger partial charge >= 0.3 is 5.97 Å². The van der Waals surface area contributed by atoms with Crippen molar-refractivity contribution in [3.63, 3.8) is 0 Å². The molecule has 1 saturated carbocycles. The van der Waals surface area contributed by atoms with E-state index in [4.69, 9.17) is 27.9 Å². The van der Waals surface area contributed by atoms with Gasteiger partial charge in [-0.15, -0.1) is 0 Å². The zero-order valence-corrected chi connectivity index (χ0v) is 22.2. The summed E-state index contributed by atoms with van der Waals surface area (Å²) in [5.74, 6) is -1.64. The summed E-state index contributed by atoms with van der Waals surface area (Å²) in [6, 6.07) is 12.6. The third kappa shape index (κ3) is 6.40. The van der Waals surface area contributed by atoms with E-state index in [1.807, 2.05) is 6.92 Å². The minimum absolute atomic E-state index is 0.101. The van der Waals surface area contributed by atoms with Gasteiger partial charge in [0.15, 0.2) is 9.84 Å². The number of hydrogen-bond donors (Lipinski definition) is 1. The Bertz CT molecular complexity index is 1220. The number of carbonyl (C=O) groups excluding carboxylic acids is 1. The van der Waals surface area contributed by atoms with E-state index < -0.39 is 52.4 Å². The van der Waals surface area contributed by atoms with Crippen LogP contribution in [-0.2, 0) is 24.2 Å². The number of carboxylic acids is 1. The molecule has 1 unspecified atom stereocenters. The zero-order valence-electron chi connectivity index (χ0n) is 19.8. The van der Waals surface area contributed by atoms with E-state index in [0.717, 1.165) is 12.8 Å². The molecule has 4 atom stereocenters. The molecule has 1 N–H and O–H groups in total. The second-order valence-corrected chi connectivity index (χ2v) is 12.5. The van der Waals surface area contributed by atoms with Crippen LogP contribution in [0, 0.1) is 5.92 Å². The highest BCUT2D eigenvalue weighted by atomic mass is 35.5. The van der Waals surface area contributed by atoms with Gasteiger partial charge < -0.3 is 14.7 Å². The van der Waals surface area contributed by atoms with Crippen LogP contribution in [0.4, 0.5) is 0 Å². The Morgan fingerprint density at radius 2 is 1.81 bits per heavy atom. The van der Waals surface area contributed by atoms with Crippen LogP contribution < -0.4 is 0 Å². The third-order valence-electron chi connectivity index (χ3n) is 6.67. The quantitative estimate of drug-likeness (QED) is 0.440. The molecule has 1 heterocycles. The van der Waals surface area contributed by atoms with Gasteiger partial charge in [0, 0.05) is 16.1 Å². The average Bonchev–Trinajstić information content (AvgIpc) is 3.62. The number of aliphatic carboxylic acids is 1. The molecule has 0 spiro atoms. The Labute approximate surface area is 221 Å². The maximum Gasteiger partial charge on any atom is 0.306 e. The summed E-state index contributed by atoms with van der Waals surface area (Å²) in [5.41, 5.74) is 1.36. The van der Waals surface area contributed by atoms with Crippen LogP contribution in [0.25, 0.3) is 0 Å². The Kier molecular flexibility index (Phi) is 8.29. The largest absolute Gasteiger partial charge is 0.481 e. The summed E-state index contributed by atoms with van der Waals surface area (Å²) >= 11 is 12.4. The van der Waals surface area contributed by atoms with Gasteiger partial charge in [0.25, 0.3) is 5.91 Å². The second-order valence-electron chi connectivity index (χ2n) is 9.52. The predicted octanol–water partition coefficient (Wildman–Crippen LogP) is 5.08. The molecule has 36 heavy (non-hydrogen) atoms. The molecule has 1 amide bonds. The molecule has 10 heteroatoms. The van der Waals surface area contributed by atoms with Gasteiger partial charge in [0.2, 0.25) is 0 Å². The van der Waals surface area contributed by atoms with Crippen molar-refractivity contribution >= 4 is 44.9 Å². The maximum atomic E-state index is 13.8. The second kappa shape index (κ2) is 11.1. The summed E-state index contributed by atoms with van der Waals surface area (Å²) in [7, 11) is -3.44. The van der Waals surface area contributed by atoms with Crippen molar-refractivity contribution in [2.45, 2.75) is 56.9 Å². The number of nitrogens with zero attached hydrogens (tertiary/aromatic N) is 1. The van der Waals surface area contributed by atoms with E-state index in [9.17, 15) is 23.1 Å². The number of halogens is 2. The number of hydrogen-bond acceptors (Lipinski definition) is 5. The minimum Gasteiger partial charge on any atom is -0.481 e. The molecule has 1 aliphatic heterocycles. The SMILES string of the molecule is CCC(CS(=O)(=O)CC1CC1)N1C(=O)[C@H](CC(=O)O)O[C@H](c2cccc(Cl)c2)[C@H]1c1ccc(Cl)cc1. The summed E-state index contributed by atoms with van der Waals surface area (Å²) in [4.78, 5) is 26.9. The lowest BCUT2D eigenvalue weighted by atomic mass is 9.89. The number of carbonyl (C=O) groups is 2. The molecular weight excluding hydrogens is 525 g/mol. The lowest BCUT2D eigenvalue weighted by molar-refractivity contribution is -0.182. The van der Waals surface area contributed by atoms with Crippen molar-refractivity contribution < 1.29 is 27.9 Å². The van der Waals surface area contributed by atoms with Crippen LogP contribution >= 0.6 is 23.2 Å². The number of ether oxygens (including phenoxy) is 1. The number of sulfone groups is 1. The molecule has 7 nitrogen and oxygen atoms in total. The fourth-order valence-electron chi connectivity index (χ4n) is 4.80. The average molecular weight is 554 g/mol. The molecule has 0 radical (unpaired) electrons. The summed E-state index contributed by atoms with van der Waals surface area (Å²) in [5, 5.41) is 10.5. The van der Waals surface area contributed by atoms with E-state index >= 15 is 0 Å². The van der Waals surface area contributed by atoms with Crippen molar-refractivity contribution in [1.82, 2.24) is 4.90 Å². The highest BCUT2D eigenvalue weighted by Gasteiger charge is 2.48. The first-order chi connectivity index (χ1) is 17.1. The van der Waals surface area contributed by atoms with Crippen molar-refractivity contribution in [3.05, 3.63) is 69.7 Å². The molecule has 194 valence electrons. The standard InChI is InChI=1S/C26H29Cl2NO6S/c1-2-21(15-36(33,34)14-16-6-7-16)29-24(17-8-10-19(27)11-9-17)25(18-4-3-5-20(28)12-18)35-22(26(29)32)13-23(30)31/h3-5,8-12,16,21-22,24-25H,2,6-7,13-15H2,1H3,(H,30,31)/t21?,22-,24+,25+/m0/s1. The fraction of sp³-hybridized carbons (Fsp3) is 0.462. The van der Waals surface area contributed by atoms with Crippen molar-refractivity contribution in [2.24, 2.45) is 5.92 Å². The van der Waals surface area contributed by atoms with E-state index in [1.54, 1.807) is 48.5 Å². The van der Waals surface area contributed by atoms with E-state index in [1.165, 1.54) is 4.90 Å². The molecule has 2 aromatic rings. The van der Waals surface area contributed by atoms with Crippen molar-refractivity contribution in [2.75, 3.05) is 11.5 Å². The van der Waals surface area contributed by atoms with E-state index in [0.29, 0.717) is 27.6 Å². The minimum atomic E-state index is -3.44. The van der Waals surface area contributed by atoms with Gasteiger partial charge in [-0.2, -0.15) is 0 Å². The van der Waals surface area contributed by atoms with E-state index in [-0.39, 0.29) is 17.4 Å². The van der Waals surface area contributed by atoms with Gasteiger partial charge in [-0.1, -0.05) is 54.4 Å². The summed E-state index contributed by atoms with van der Waals surface area (Å²) < 4.78 is 32.3. The van der Waals surface area contributed by atoms with Crippen LogP contribution in [0.15, 0.2) is 48.5 Å². The van der Waals surface area contributed by atoms with Crippen molar-refractivity contribution in [3.8, 4) is 0 Å². The first-order valence-corrected chi connectivity index (χ1v) is 14.6. The van der Waals surface area contributed by atoms with Gasteiger partial charge in [-0.3, -0.25) is 9.59 Å². The van der Waals surface area contributed by atoms with Gasteiger partial charge in [-0.25, -0.2) is 8.42 Å². The predicted molar refractivity (Wildman–Crippen MR) is 138 cm³/mol. The molecule has 0 aromatic heterocycles. The number of amides is 1. The fourth-order valence-corrected chi connectivity index (χ4v) is 7.29. The Morgan fingerprint density at radius 1 is 1.11 bits per heavy atom. The smallest absolute Gasteiger partial charge is 0.306 e. The Hall–Kier alpha value is -2.13. The monoisotopic (exact) mass is 553 g/mol. The summed E-state index contributed by atoms with van der Waals surface area (Å²) in [6.45, 7) is 1.83. The third-order valence-corrected chi connectivity index (χ3v) is 9.03. The number of benzene rings is 2. The maximum absolute atomic E-state index is 13.8. The van der Waals surface area contributed by atoms with Crippen LogP contribution in [0.3, 0.4) is 0 Å². The Balaban J connectivity index is 1.82. The van der Waals surface area contributed by atoms with Crippen LogP contribution in [0.1, 0.15) is 55.9 Å². The van der Waals surface area contributed by atoms with Gasteiger partial charge in [-0.05, 0) is 60.6 Å². The number of carboxylic acid groups (broad SMARTS) is 1. The topological polar surface area (TPSA) is 101 Å². The highest BCUT2D eigenvalue weighted by Crippen LogP contribution is 2.45. The number of morpholine rings is 1. The normalized spacial score (nSPS) is 23.5. The van der Waals surface area contributed by atoms with Crippen LogP contribution in [0.2, 0.25) is 10.0 Å². The lowest BCUT2D eigenvalue weighted by Gasteiger charge is -2.48. The lowest BCUT2D eigenvalue weighted by Crippen LogP contribution is -2.56. The Morgan fingerprint density at radius 3 is 2.39 bits per heavy atom. The molecular formula is C26H29Cl2NO6S. The van der Waals surface area contributed by atoms with E-state index in [2.05, 4.69) is 0 Å². The molecule has 4 rings (SSSR count). The van der Waals surface area contributed by atoms with Gasteiger partial charge in [0.1, 0.15) is 12.2 Å². The van der Waals surface area contributed by atoms with Crippen LogP contribution in [-0.4, -0.2) is 54.0 Å². The number of rotatable bonds is 10.